The molecule has 1 fully saturated rings. The monoisotopic (exact) mass is 262 g/mol. The minimum Gasteiger partial charge on any atom is -0.456 e. The number of anilines is 1. The molecule has 19 heavy (non-hydrogen) atoms. The van der Waals surface area contributed by atoms with Crippen LogP contribution in [0.1, 0.15) is 44.0 Å². The fraction of sp³-hybridized carbons (Fsp3) is 0.533. The lowest BCUT2D eigenvalue weighted by atomic mass is 9.87. The second-order valence-electron chi connectivity index (χ2n) is 6.16. The number of hydrogen-bond donors (Lipinski definition) is 2. The SMILES string of the molecule is CC(C)(C)OC(=O)c1cccc(NC2CC(N)C2)c1. The van der Waals surface area contributed by atoms with Crippen LogP contribution in [0.15, 0.2) is 24.3 Å². The summed E-state index contributed by atoms with van der Waals surface area (Å²) in [5, 5.41) is 3.38. The molecule has 0 amide bonds. The highest BCUT2D eigenvalue weighted by Crippen LogP contribution is 2.23. The molecule has 0 spiro atoms. The van der Waals surface area contributed by atoms with E-state index in [1.165, 1.54) is 0 Å². The Kier molecular flexibility index (Phi) is 3.80. The van der Waals surface area contributed by atoms with E-state index >= 15 is 0 Å². The number of hydrogen-bond acceptors (Lipinski definition) is 4. The molecular weight excluding hydrogens is 240 g/mol. The van der Waals surface area contributed by atoms with Crippen molar-refractivity contribution in [3.05, 3.63) is 29.8 Å². The number of rotatable bonds is 3. The molecule has 0 saturated heterocycles. The van der Waals surface area contributed by atoms with Gasteiger partial charge in [0.2, 0.25) is 0 Å². The molecule has 3 N–H and O–H groups in total. The van der Waals surface area contributed by atoms with Crippen LogP contribution in [0.2, 0.25) is 0 Å². The molecule has 0 radical (unpaired) electrons. The van der Waals surface area contributed by atoms with Crippen LogP contribution in [0.25, 0.3) is 0 Å². The fourth-order valence-electron chi connectivity index (χ4n) is 2.09. The lowest BCUT2D eigenvalue weighted by Gasteiger charge is -2.33. The summed E-state index contributed by atoms with van der Waals surface area (Å²) in [4.78, 5) is 12.0. The fourth-order valence-corrected chi connectivity index (χ4v) is 2.09. The maximum atomic E-state index is 12.0. The van der Waals surface area contributed by atoms with Crippen molar-refractivity contribution >= 4 is 11.7 Å². The van der Waals surface area contributed by atoms with Crippen LogP contribution in [0.4, 0.5) is 5.69 Å². The molecule has 2 rings (SSSR count). The van der Waals surface area contributed by atoms with Crippen molar-refractivity contribution in [2.75, 3.05) is 5.32 Å². The number of ether oxygens (including phenoxy) is 1. The topological polar surface area (TPSA) is 64.3 Å². The van der Waals surface area contributed by atoms with Gasteiger partial charge in [0.25, 0.3) is 0 Å². The van der Waals surface area contributed by atoms with Crippen molar-refractivity contribution in [1.29, 1.82) is 0 Å². The number of nitrogens with one attached hydrogen (secondary N) is 1. The van der Waals surface area contributed by atoms with Crippen LogP contribution in [0.3, 0.4) is 0 Å². The Labute approximate surface area is 114 Å². The summed E-state index contributed by atoms with van der Waals surface area (Å²) in [6.07, 6.45) is 1.97. The Morgan fingerprint density at radius 2 is 2.05 bits per heavy atom. The molecule has 1 aromatic rings. The van der Waals surface area contributed by atoms with Gasteiger partial charge in [0.15, 0.2) is 0 Å². The predicted molar refractivity (Wildman–Crippen MR) is 76.2 cm³/mol. The first-order chi connectivity index (χ1) is 8.83. The van der Waals surface area contributed by atoms with Crippen molar-refractivity contribution in [1.82, 2.24) is 0 Å². The van der Waals surface area contributed by atoms with Crippen LogP contribution < -0.4 is 11.1 Å². The van der Waals surface area contributed by atoms with Crippen molar-refractivity contribution in [3.63, 3.8) is 0 Å². The molecule has 104 valence electrons. The van der Waals surface area contributed by atoms with E-state index in [1.54, 1.807) is 6.07 Å². The summed E-state index contributed by atoms with van der Waals surface area (Å²) in [5.74, 6) is -0.290. The molecular formula is C15H22N2O2. The average molecular weight is 262 g/mol. The van der Waals surface area contributed by atoms with Gasteiger partial charge < -0.3 is 15.8 Å². The van der Waals surface area contributed by atoms with E-state index in [0.29, 0.717) is 17.6 Å². The van der Waals surface area contributed by atoms with E-state index in [0.717, 1.165) is 18.5 Å². The molecule has 0 bridgehead atoms. The lowest BCUT2D eigenvalue weighted by molar-refractivity contribution is 0.00696. The quantitative estimate of drug-likeness (QED) is 0.822. The smallest absolute Gasteiger partial charge is 0.338 e. The highest BCUT2D eigenvalue weighted by molar-refractivity contribution is 5.90. The number of carbonyl (C=O) groups is 1. The highest BCUT2D eigenvalue weighted by Gasteiger charge is 2.25. The maximum Gasteiger partial charge on any atom is 0.338 e. The summed E-state index contributed by atoms with van der Waals surface area (Å²) in [5.41, 5.74) is 6.80. The van der Waals surface area contributed by atoms with Gasteiger partial charge in [0.1, 0.15) is 5.60 Å². The van der Waals surface area contributed by atoms with Gasteiger partial charge in [-0.15, -0.1) is 0 Å². The van der Waals surface area contributed by atoms with E-state index < -0.39 is 5.60 Å². The zero-order chi connectivity index (χ0) is 14.0. The van der Waals surface area contributed by atoms with Gasteiger partial charge in [-0.05, 0) is 51.8 Å². The van der Waals surface area contributed by atoms with Gasteiger partial charge >= 0.3 is 5.97 Å². The summed E-state index contributed by atoms with van der Waals surface area (Å²) >= 11 is 0. The third-order valence-corrected chi connectivity index (χ3v) is 3.04. The number of esters is 1. The molecule has 0 heterocycles. The van der Waals surface area contributed by atoms with Crippen LogP contribution in [0, 0.1) is 0 Å². The second-order valence-corrected chi connectivity index (χ2v) is 6.16. The summed E-state index contributed by atoms with van der Waals surface area (Å²) in [7, 11) is 0. The van der Waals surface area contributed by atoms with Gasteiger partial charge in [-0.25, -0.2) is 4.79 Å². The third-order valence-electron chi connectivity index (χ3n) is 3.04. The Morgan fingerprint density at radius 3 is 2.63 bits per heavy atom. The summed E-state index contributed by atoms with van der Waals surface area (Å²) in [6.45, 7) is 5.59. The second kappa shape index (κ2) is 5.21. The van der Waals surface area contributed by atoms with E-state index in [9.17, 15) is 4.79 Å². The van der Waals surface area contributed by atoms with Crippen molar-refractivity contribution in [2.24, 2.45) is 5.73 Å². The van der Waals surface area contributed by atoms with E-state index in [2.05, 4.69) is 5.32 Å². The van der Waals surface area contributed by atoms with Gasteiger partial charge in [0.05, 0.1) is 5.56 Å². The Balaban J connectivity index is 2.00. The normalized spacial score (nSPS) is 22.5. The molecule has 1 aliphatic carbocycles. The van der Waals surface area contributed by atoms with Crippen LogP contribution in [-0.4, -0.2) is 23.7 Å². The minimum absolute atomic E-state index is 0.290. The number of benzene rings is 1. The van der Waals surface area contributed by atoms with Crippen LogP contribution >= 0.6 is 0 Å². The maximum absolute atomic E-state index is 12.0. The first-order valence-corrected chi connectivity index (χ1v) is 6.69. The first kappa shape index (κ1) is 13.9. The molecule has 0 aliphatic heterocycles. The Hall–Kier alpha value is -1.55. The minimum atomic E-state index is -0.471. The summed E-state index contributed by atoms with van der Waals surface area (Å²) < 4.78 is 5.35. The molecule has 1 aliphatic rings. The van der Waals surface area contributed by atoms with Gasteiger partial charge in [-0.3, -0.25) is 0 Å². The molecule has 0 unspecified atom stereocenters. The molecule has 1 aromatic carbocycles. The molecule has 0 aromatic heterocycles. The van der Waals surface area contributed by atoms with E-state index in [-0.39, 0.29) is 5.97 Å². The Bertz CT molecular complexity index is 459. The van der Waals surface area contributed by atoms with Crippen LogP contribution in [0.5, 0.6) is 0 Å². The zero-order valence-electron chi connectivity index (χ0n) is 11.8. The first-order valence-electron chi connectivity index (χ1n) is 6.69. The van der Waals surface area contributed by atoms with Gasteiger partial charge in [0, 0.05) is 17.8 Å². The average Bonchev–Trinajstić information content (AvgIpc) is 2.25. The lowest BCUT2D eigenvalue weighted by Crippen LogP contribution is -2.44. The molecule has 4 heteroatoms. The highest BCUT2D eigenvalue weighted by atomic mass is 16.6. The standard InChI is InChI=1S/C15H22N2O2/c1-15(2,3)19-14(18)10-5-4-6-12(7-10)17-13-8-11(16)9-13/h4-7,11,13,17H,8-9,16H2,1-3H3. The molecule has 0 atom stereocenters. The Morgan fingerprint density at radius 1 is 1.37 bits per heavy atom. The van der Waals surface area contributed by atoms with Gasteiger partial charge in [-0.2, -0.15) is 0 Å². The van der Waals surface area contributed by atoms with Crippen molar-refractivity contribution in [2.45, 2.75) is 51.3 Å². The zero-order valence-corrected chi connectivity index (χ0v) is 11.8. The number of carbonyl (C=O) groups excluding carboxylic acids is 1. The van der Waals surface area contributed by atoms with Crippen molar-refractivity contribution < 1.29 is 9.53 Å². The largest absolute Gasteiger partial charge is 0.456 e. The van der Waals surface area contributed by atoms with Crippen molar-refractivity contribution in [3.8, 4) is 0 Å². The van der Waals surface area contributed by atoms with E-state index in [4.69, 9.17) is 10.5 Å². The van der Waals surface area contributed by atoms with Gasteiger partial charge in [-0.1, -0.05) is 6.07 Å². The number of nitrogens with two attached hydrogens (primary N) is 1. The third kappa shape index (κ3) is 3.96. The van der Waals surface area contributed by atoms with E-state index in [1.807, 2.05) is 39.0 Å². The molecule has 1 saturated carbocycles. The van der Waals surface area contributed by atoms with Crippen LogP contribution in [-0.2, 0) is 4.74 Å². The molecule has 4 nitrogen and oxygen atoms in total. The summed E-state index contributed by atoms with van der Waals surface area (Å²) in [6, 6.07) is 8.15. The predicted octanol–water partition coefficient (Wildman–Crippen LogP) is 2.54.